The average molecular weight is 247 g/mol. The van der Waals surface area contributed by atoms with Gasteiger partial charge in [0.2, 0.25) is 0 Å². The molecule has 18 heavy (non-hydrogen) atoms. The average Bonchev–Trinajstić information content (AvgIpc) is 2.38. The van der Waals surface area contributed by atoms with Gasteiger partial charge in [0.25, 0.3) is 0 Å². The molecule has 1 atom stereocenters. The molecule has 0 amide bonds. The molecule has 2 rings (SSSR count). The highest BCUT2D eigenvalue weighted by Gasteiger charge is 2.27. The smallest absolute Gasteiger partial charge is 0.0313 e. The molecule has 100 valence electrons. The van der Waals surface area contributed by atoms with Crippen molar-refractivity contribution in [2.75, 3.05) is 13.1 Å². The highest BCUT2D eigenvalue weighted by Crippen LogP contribution is 2.18. The second-order valence-electron chi connectivity index (χ2n) is 6.22. The van der Waals surface area contributed by atoms with Crippen molar-refractivity contribution in [1.29, 1.82) is 0 Å². The second kappa shape index (κ2) is 5.37. The van der Waals surface area contributed by atoms with Gasteiger partial charge in [-0.2, -0.15) is 0 Å². The zero-order valence-corrected chi connectivity index (χ0v) is 12.0. The van der Waals surface area contributed by atoms with E-state index in [2.05, 4.69) is 49.0 Å². The molecule has 0 radical (unpaired) electrons. The number of nitrogens with zero attached hydrogens (tertiary/aromatic N) is 2. The van der Waals surface area contributed by atoms with E-state index in [4.69, 9.17) is 0 Å². The van der Waals surface area contributed by atoms with Crippen LogP contribution in [0.4, 0.5) is 0 Å². The number of hydrogen-bond acceptors (Lipinski definition) is 3. The molecule has 0 aromatic carbocycles. The lowest BCUT2D eigenvalue weighted by Crippen LogP contribution is -2.47. The predicted molar refractivity (Wildman–Crippen MR) is 75.5 cm³/mol. The largest absolute Gasteiger partial charge is 0.310 e. The Labute approximate surface area is 111 Å². The van der Waals surface area contributed by atoms with E-state index in [1.54, 1.807) is 0 Å². The maximum absolute atomic E-state index is 4.29. The van der Waals surface area contributed by atoms with Crippen molar-refractivity contribution < 1.29 is 0 Å². The Kier molecular flexibility index (Phi) is 4.03. The molecule has 0 spiro atoms. The summed E-state index contributed by atoms with van der Waals surface area (Å²) in [6.45, 7) is 12.2. The second-order valence-corrected chi connectivity index (χ2v) is 6.22. The number of pyridine rings is 1. The standard InChI is InChI=1S/C15H25N3/c1-12-7-14(9-16-8-12)10-18-11-15(3,4)17-6-5-13(18)2/h7-9,13,17H,5-6,10-11H2,1-4H3. The molecule has 3 nitrogen and oxygen atoms in total. The fraction of sp³-hybridized carbons (Fsp3) is 0.667. The van der Waals surface area contributed by atoms with Gasteiger partial charge < -0.3 is 5.32 Å². The molecule has 1 aliphatic heterocycles. The molecule has 1 aromatic heterocycles. The van der Waals surface area contributed by atoms with Gasteiger partial charge >= 0.3 is 0 Å². The van der Waals surface area contributed by atoms with Crippen LogP contribution in [0, 0.1) is 6.92 Å². The fourth-order valence-electron chi connectivity index (χ4n) is 2.67. The zero-order valence-electron chi connectivity index (χ0n) is 12.0. The number of rotatable bonds is 2. The Morgan fingerprint density at radius 1 is 1.44 bits per heavy atom. The molecule has 3 heteroatoms. The third-order valence-electron chi connectivity index (χ3n) is 3.70. The molecule has 2 heterocycles. The van der Waals surface area contributed by atoms with Gasteiger partial charge in [-0.05, 0) is 51.8 Å². The van der Waals surface area contributed by atoms with Crippen LogP contribution in [0.1, 0.15) is 38.3 Å². The number of nitrogens with one attached hydrogen (secondary N) is 1. The van der Waals surface area contributed by atoms with E-state index in [-0.39, 0.29) is 5.54 Å². The minimum absolute atomic E-state index is 0.196. The minimum atomic E-state index is 0.196. The van der Waals surface area contributed by atoms with Crippen LogP contribution in [-0.2, 0) is 6.54 Å². The van der Waals surface area contributed by atoms with Gasteiger partial charge in [0.05, 0.1) is 0 Å². The summed E-state index contributed by atoms with van der Waals surface area (Å²) in [6.07, 6.45) is 5.12. The molecule has 0 saturated carbocycles. The first-order valence-electron chi connectivity index (χ1n) is 6.86. The summed E-state index contributed by atoms with van der Waals surface area (Å²) in [5.74, 6) is 0. The van der Waals surface area contributed by atoms with Crippen LogP contribution >= 0.6 is 0 Å². The molecule has 0 bridgehead atoms. The predicted octanol–water partition coefficient (Wildman–Crippen LogP) is 2.35. The molecule has 1 aliphatic rings. The zero-order chi connectivity index (χ0) is 13.2. The van der Waals surface area contributed by atoms with Gasteiger partial charge in [-0.3, -0.25) is 9.88 Å². The Balaban J connectivity index is 2.10. The van der Waals surface area contributed by atoms with Crippen molar-refractivity contribution in [3.8, 4) is 0 Å². The number of aromatic nitrogens is 1. The summed E-state index contributed by atoms with van der Waals surface area (Å²) in [5.41, 5.74) is 2.76. The molecule has 1 fully saturated rings. The summed E-state index contributed by atoms with van der Waals surface area (Å²) in [4.78, 5) is 6.86. The lowest BCUT2D eigenvalue weighted by molar-refractivity contribution is 0.173. The van der Waals surface area contributed by atoms with E-state index < -0.39 is 0 Å². The summed E-state index contributed by atoms with van der Waals surface area (Å²) in [6, 6.07) is 2.87. The topological polar surface area (TPSA) is 28.2 Å². The summed E-state index contributed by atoms with van der Waals surface area (Å²) < 4.78 is 0. The Morgan fingerprint density at radius 3 is 2.94 bits per heavy atom. The van der Waals surface area contributed by atoms with Gasteiger partial charge in [0.1, 0.15) is 0 Å². The summed E-state index contributed by atoms with van der Waals surface area (Å²) in [5, 5.41) is 3.62. The number of aryl methyl sites for hydroxylation is 1. The van der Waals surface area contributed by atoms with Crippen LogP contribution in [0.25, 0.3) is 0 Å². The van der Waals surface area contributed by atoms with E-state index in [9.17, 15) is 0 Å². The van der Waals surface area contributed by atoms with Crippen molar-refractivity contribution in [3.63, 3.8) is 0 Å². The van der Waals surface area contributed by atoms with Crippen LogP contribution in [0.2, 0.25) is 0 Å². The van der Waals surface area contributed by atoms with Gasteiger partial charge in [0.15, 0.2) is 0 Å². The van der Waals surface area contributed by atoms with Crippen LogP contribution in [0.15, 0.2) is 18.5 Å². The molecule has 1 unspecified atom stereocenters. The minimum Gasteiger partial charge on any atom is -0.310 e. The third-order valence-corrected chi connectivity index (χ3v) is 3.70. The molecule has 1 N–H and O–H groups in total. The summed E-state index contributed by atoms with van der Waals surface area (Å²) >= 11 is 0. The van der Waals surface area contributed by atoms with Crippen molar-refractivity contribution in [2.24, 2.45) is 0 Å². The van der Waals surface area contributed by atoms with Gasteiger partial charge in [-0.1, -0.05) is 6.07 Å². The highest BCUT2D eigenvalue weighted by atomic mass is 15.2. The Morgan fingerprint density at radius 2 is 2.22 bits per heavy atom. The fourth-order valence-corrected chi connectivity index (χ4v) is 2.67. The number of hydrogen-bond donors (Lipinski definition) is 1. The van der Waals surface area contributed by atoms with E-state index in [0.29, 0.717) is 6.04 Å². The first-order valence-corrected chi connectivity index (χ1v) is 6.86. The Hall–Kier alpha value is -0.930. The van der Waals surface area contributed by atoms with Crippen LogP contribution in [0.3, 0.4) is 0 Å². The lowest BCUT2D eigenvalue weighted by atomic mass is 10.0. The van der Waals surface area contributed by atoms with Crippen molar-refractivity contribution >= 4 is 0 Å². The lowest BCUT2D eigenvalue weighted by Gasteiger charge is -2.33. The van der Waals surface area contributed by atoms with Gasteiger partial charge in [-0.25, -0.2) is 0 Å². The van der Waals surface area contributed by atoms with Crippen molar-refractivity contribution in [2.45, 2.75) is 52.2 Å². The van der Waals surface area contributed by atoms with Crippen molar-refractivity contribution in [1.82, 2.24) is 15.2 Å². The molecule has 0 aliphatic carbocycles. The normalized spacial score (nSPS) is 24.8. The Bertz CT molecular complexity index is 400. The first-order chi connectivity index (χ1) is 8.46. The maximum Gasteiger partial charge on any atom is 0.0313 e. The van der Waals surface area contributed by atoms with E-state index in [0.717, 1.165) is 19.6 Å². The van der Waals surface area contributed by atoms with Crippen molar-refractivity contribution in [3.05, 3.63) is 29.6 Å². The van der Waals surface area contributed by atoms with Gasteiger partial charge in [-0.15, -0.1) is 0 Å². The van der Waals surface area contributed by atoms with Crippen LogP contribution in [0.5, 0.6) is 0 Å². The van der Waals surface area contributed by atoms with Crippen LogP contribution in [-0.4, -0.2) is 34.6 Å². The van der Waals surface area contributed by atoms with E-state index in [1.165, 1.54) is 17.5 Å². The first kappa shape index (κ1) is 13.5. The summed E-state index contributed by atoms with van der Waals surface area (Å²) in [7, 11) is 0. The third kappa shape index (κ3) is 3.53. The van der Waals surface area contributed by atoms with E-state index >= 15 is 0 Å². The highest BCUT2D eigenvalue weighted by molar-refractivity contribution is 5.16. The molecular weight excluding hydrogens is 222 g/mol. The molecule has 1 saturated heterocycles. The maximum atomic E-state index is 4.29. The van der Waals surface area contributed by atoms with Gasteiger partial charge in [0, 0.05) is 37.1 Å². The SMILES string of the molecule is Cc1cncc(CN2CC(C)(C)NCCC2C)c1. The molecule has 1 aromatic rings. The monoisotopic (exact) mass is 247 g/mol. The van der Waals surface area contributed by atoms with E-state index in [1.807, 2.05) is 12.4 Å². The quantitative estimate of drug-likeness (QED) is 0.869. The van der Waals surface area contributed by atoms with Crippen LogP contribution < -0.4 is 5.32 Å². The molecular formula is C15H25N3.